The molecule has 0 saturated carbocycles. The summed E-state index contributed by atoms with van der Waals surface area (Å²) in [7, 11) is 0. The van der Waals surface area contributed by atoms with Crippen LogP contribution >= 0.6 is 11.3 Å². The number of hydrogen-bond donors (Lipinski definition) is 2. The Morgan fingerprint density at radius 3 is 2.43 bits per heavy atom. The third kappa shape index (κ3) is 4.92. The molecule has 3 rings (SSSR count). The molecule has 0 aliphatic heterocycles. The zero-order chi connectivity index (χ0) is 20.1. The van der Waals surface area contributed by atoms with E-state index >= 15 is 0 Å². The third-order valence-corrected chi connectivity index (χ3v) is 4.72. The van der Waals surface area contributed by atoms with Crippen molar-refractivity contribution in [1.29, 1.82) is 0 Å². The zero-order valence-electron chi connectivity index (χ0n) is 15.2. The van der Waals surface area contributed by atoms with Crippen LogP contribution in [0, 0.1) is 12.7 Å². The van der Waals surface area contributed by atoms with Crippen LogP contribution in [0.4, 0.5) is 4.39 Å². The van der Waals surface area contributed by atoms with Gasteiger partial charge >= 0.3 is 0 Å². The van der Waals surface area contributed by atoms with Gasteiger partial charge in [0.1, 0.15) is 22.3 Å². The molecule has 0 radical (unpaired) electrons. The van der Waals surface area contributed by atoms with Crippen molar-refractivity contribution in [2.45, 2.75) is 20.0 Å². The fourth-order valence-corrected chi connectivity index (χ4v) is 3.07. The van der Waals surface area contributed by atoms with Crippen molar-refractivity contribution in [3.05, 3.63) is 71.0 Å². The molecule has 0 saturated heterocycles. The average molecular weight is 399 g/mol. The zero-order valence-corrected chi connectivity index (χ0v) is 16.0. The predicted molar refractivity (Wildman–Crippen MR) is 104 cm³/mol. The number of carbonyl (C=O) groups is 2. The second-order valence-corrected chi connectivity index (χ2v) is 6.92. The highest BCUT2D eigenvalue weighted by Crippen LogP contribution is 2.23. The third-order valence-electron chi connectivity index (χ3n) is 3.83. The summed E-state index contributed by atoms with van der Waals surface area (Å²) in [5, 5.41) is 2.33. The molecule has 2 aromatic carbocycles. The van der Waals surface area contributed by atoms with Crippen molar-refractivity contribution < 1.29 is 18.7 Å². The van der Waals surface area contributed by atoms with E-state index in [1.165, 1.54) is 42.5 Å². The fraction of sp³-hybridized carbons (Fsp3) is 0.150. The topological polar surface area (TPSA) is 80.3 Å². The van der Waals surface area contributed by atoms with E-state index in [0.29, 0.717) is 10.8 Å². The number of rotatable bonds is 5. The van der Waals surface area contributed by atoms with Crippen LogP contribution in [0.15, 0.2) is 53.9 Å². The molecule has 0 aliphatic rings. The van der Waals surface area contributed by atoms with Gasteiger partial charge in [0.2, 0.25) is 0 Å². The summed E-state index contributed by atoms with van der Waals surface area (Å²) in [4.78, 5) is 28.6. The minimum atomic E-state index is -0.885. The Balaban J connectivity index is 1.54. The van der Waals surface area contributed by atoms with Gasteiger partial charge in [0.15, 0.2) is 6.10 Å². The molecule has 0 fully saturated rings. The molecule has 28 heavy (non-hydrogen) atoms. The van der Waals surface area contributed by atoms with E-state index in [1.54, 1.807) is 5.38 Å². The summed E-state index contributed by atoms with van der Waals surface area (Å²) in [5.41, 5.74) is 6.87. The monoisotopic (exact) mass is 399 g/mol. The molecule has 8 heteroatoms. The van der Waals surface area contributed by atoms with Crippen molar-refractivity contribution in [3.63, 3.8) is 0 Å². The maximum Gasteiger partial charge on any atom is 0.289 e. The largest absolute Gasteiger partial charge is 0.481 e. The van der Waals surface area contributed by atoms with Crippen molar-refractivity contribution in [2.24, 2.45) is 0 Å². The number of carbonyl (C=O) groups excluding carboxylic acids is 2. The minimum absolute atomic E-state index is 0.202. The highest BCUT2D eigenvalue weighted by molar-refractivity contribution is 7.13. The van der Waals surface area contributed by atoms with Gasteiger partial charge in [-0.1, -0.05) is 29.8 Å². The van der Waals surface area contributed by atoms with E-state index in [9.17, 15) is 14.0 Å². The van der Waals surface area contributed by atoms with Crippen LogP contribution in [0.2, 0.25) is 0 Å². The Kier molecular flexibility index (Phi) is 6.00. The first kappa shape index (κ1) is 19.5. The van der Waals surface area contributed by atoms with Crippen LogP contribution in [-0.4, -0.2) is 22.9 Å². The van der Waals surface area contributed by atoms with Gasteiger partial charge in [0, 0.05) is 10.9 Å². The number of hydrazine groups is 1. The summed E-state index contributed by atoms with van der Waals surface area (Å²) >= 11 is 1.34. The van der Waals surface area contributed by atoms with Gasteiger partial charge in [-0.25, -0.2) is 9.37 Å². The lowest BCUT2D eigenvalue weighted by molar-refractivity contribution is -0.128. The second kappa shape index (κ2) is 8.62. The lowest BCUT2D eigenvalue weighted by Crippen LogP contribution is -2.47. The molecule has 144 valence electrons. The summed E-state index contributed by atoms with van der Waals surface area (Å²) in [6.45, 7) is 3.51. The fourth-order valence-electron chi connectivity index (χ4n) is 2.26. The van der Waals surface area contributed by atoms with Crippen molar-refractivity contribution in [1.82, 2.24) is 15.8 Å². The highest BCUT2D eigenvalue weighted by atomic mass is 32.1. The lowest BCUT2D eigenvalue weighted by atomic mass is 10.2. The molecular formula is C20H18FN3O3S. The number of hydrogen-bond acceptors (Lipinski definition) is 5. The van der Waals surface area contributed by atoms with Crippen LogP contribution in [0.3, 0.4) is 0 Å². The summed E-state index contributed by atoms with van der Waals surface area (Å²) < 4.78 is 18.3. The maximum atomic E-state index is 12.9. The number of amides is 2. The van der Waals surface area contributed by atoms with Crippen LogP contribution in [0.5, 0.6) is 5.75 Å². The normalized spacial score (nSPS) is 11.5. The van der Waals surface area contributed by atoms with Crippen LogP contribution in [0.25, 0.3) is 10.6 Å². The van der Waals surface area contributed by atoms with Gasteiger partial charge in [-0.3, -0.25) is 20.4 Å². The number of aromatic nitrogens is 1. The van der Waals surface area contributed by atoms with Crippen LogP contribution in [-0.2, 0) is 4.79 Å². The SMILES string of the molecule is Cc1ccc(-c2nc(C(=O)NNC(=O)C(C)Oc3ccc(F)cc3)cs2)cc1. The predicted octanol–water partition coefficient (Wildman–Crippen LogP) is 3.49. The van der Waals surface area contributed by atoms with Gasteiger partial charge in [-0.15, -0.1) is 11.3 Å². The molecule has 2 amide bonds. The van der Waals surface area contributed by atoms with Gasteiger partial charge in [-0.2, -0.15) is 0 Å². The molecule has 0 spiro atoms. The van der Waals surface area contributed by atoms with E-state index < -0.39 is 23.7 Å². The second-order valence-electron chi connectivity index (χ2n) is 6.06. The Labute approximate surface area is 165 Å². The van der Waals surface area contributed by atoms with Gasteiger partial charge < -0.3 is 4.74 Å². The first-order valence-corrected chi connectivity index (χ1v) is 9.35. The number of thiazole rings is 1. The first-order chi connectivity index (χ1) is 13.4. The molecule has 2 N–H and O–H groups in total. The highest BCUT2D eigenvalue weighted by Gasteiger charge is 2.17. The number of halogens is 1. The first-order valence-electron chi connectivity index (χ1n) is 8.47. The smallest absolute Gasteiger partial charge is 0.289 e. The number of aryl methyl sites for hydroxylation is 1. The molecular weight excluding hydrogens is 381 g/mol. The van der Waals surface area contributed by atoms with Crippen molar-refractivity contribution in [3.8, 4) is 16.3 Å². The Morgan fingerprint density at radius 2 is 1.75 bits per heavy atom. The lowest BCUT2D eigenvalue weighted by Gasteiger charge is -2.14. The number of benzene rings is 2. The number of nitrogens with zero attached hydrogens (tertiary/aromatic N) is 1. The van der Waals surface area contributed by atoms with Crippen LogP contribution in [0.1, 0.15) is 23.0 Å². The summed E-state index contributed by atoms with van der Waals surface area (Å²) in [6.07, 6.45) is -0.885. The van der Waals surface area contributed by atoms with Crippen molar-refractivity contribution >= 4 is 23.2 Å². The Morgan fingerprint density at radius 1 is 1.07 bits per heavy atom. The minimum Gasteiger partial charge on any atom is -0.481 e. The molecule has 1 unspecified atom stereocenters. The van der Waals surface area contributed by atoms with E-state index in [0.717, 1.165) is 11.1 Å². The van der Waals surface area contributed by atoms with Gasteiger partial charge in [-0.05, 0) is 38.1 Å². The van der Waals surface area contributed by atoms with Gasteiger partial charge in [0.05, 0.1) is 0 Å². The van der Waals surface area contributed by atoms with Crippen molar-refractivity contribution in [2.75, 3.05) is 0 Å². The molecule has 6 nitrogen and oxygen atoms in total. The van der Waals surface area contributed by atoms with Gasteiger partial charge in [0.25, 0.3) is 11.8 Å². The number of nitrogens with one attached hydrogen (secondary N) is 2. The standard InChI is InChI=1S/C20H18FN3O3S/c1-12-3-5-14(6-4-12)20-22-17(11-28-20)19(26)24-23-18(25)13(2)27-16-9-7-15(21)8-10-16/h3-11,13H,1-2H3,(H,23,25)(H,24,26). The van der Waals surface area contributed by atoms with E-state index in [1.807, 2.05) is 31.2 Å². The molecule has 1 heterocycles. The van der Waals surface area contributed by atoms with E-state index in [-0.39, 0.29) is 5.69 Å². The number of ether oxygens (including phenoxy) is 1. The molecule has 3 aromatic rings. The molecule has 0 bridgehead atoms. The quantitative estimate of drug-likeness (QED) is 0.644. The molecule has 1 aromatic heterocycles. The average Bonchev–Trinajstić information content (AvgIpc) is 3.18. The Bertz CT molecular complexity index is 971. The summed E-state index contributed by atoms with van der Waals surface area (Å²) in [6, 6.07) is 13.1. The maximum absolute atomic E-state index is 12.9. The van der Waals surface area contributed by atoms with E-state index in [4.69, 9.17) is 4.74 Å². The molecule has 0 aliphatic carbocycles. The van der Waals surface area contributed by atoms with E-state index in [2.05, 4.69) is 15.8 Å². The summed E-state index contributed by atoms with van der Waals surface area (Å²) in [5.74, 6) is -1.13. The van der Waals surface area contributed by atoms with Crippen LogP contribution < -0.4 is 15.6 Å². The molecule has 1 atom stereocenters. The Hall–Kier alpha value is -3.26.